The highest BCUT2D eigenvalue weighted by Crippen LogP contribution is 2.27. The number of thioether (sulfide) groups is 1. The molecule has 1 heterocycles. The Morgan fingerprint density at radius 3 is 2.27 bits per heavy atom. The second-order valence-corrected chi connectivity index (χ2v) is 7.19. The lowest BCUT2D eigenvalue weighted by Crippen LogP contribution is -2.31. The zero-order valence-corrected chi connectivity index (χ0v) is 15.3. The summed E-state index contributed by atoms with van der Waals surface area (Å²) in [6.07, 6.45) is 0.679. The highest BCUT2D eigenvalue weighted by atomic mass is 32.2. The van der Waals surface area contributed by atoms with Gasteiger partial charge in [-0.1, -0.05) is 31.2 Å². The molecule has 5 nitrogen and oxygen atoms in total. The van der Waals surface area contributed by atoms with Gasteiger partial charge in [0.25, 0.3) is 11.8 Å². The fraction of sp³-hybridized carbons (Fsp3) is 0.250. The maximum Gasteiger partial charge on any atom is 0.261 e. The average Bonchev–Trinajstić information content (AvgIpc) is 2.89. The number of nitrogens with one attached hydrogen (secondary N) is 1. The Morgan fingerprint density at radius 1 is 1.00 bits per heavy atom. The number of fused-ring (bicyclic) bond motifs is 1. The quantitative estimate of drug-likeness (QED) is 0.596. The van der Waals surface area contributed by atoms with Gasteiger partial charge >= 0.3 is 0 Å². The molecule has 6 heteroatoms. The van der Waals surface area contributed by atoms with Crippen molar-refractivity contribution in [2.45, 2.75) is 24.7 Å². The third kappa shape index (κ3) is 3.80. The van der Waals surface area contributed by atoms with Crippen molar-refractivity contribution >= 4 is 35.2 Å². The summed E-state index contributed by atoms with van der Waals surface area (Å²) in [6, 6.07) is 14.5. The smallest absolute Gasteiger partial charge is 0.261 e. The minimum atomic E-state index is -0.282. The van der Waals surface area contributed by atoms with Crippen LogP contribution in [-0.4, -0.2) is 34.9 Å². The van der Waals surface area contributed by atoms with E-state index in [9.17, 15) is 14.4 Å². The fourth-order valence-electron chi connectivity index (χ4n) is 2.90. The summed E-state index contributed by atoms with van der Waals surface area (Å²) in [5, 5.41) is 2.91. The van der Waals surface area contributed by atoms with Crippen LogP contribution in [0.25, 0.3) is 0 Å². The largest absolute Gasteiger partial charge is 0.325 e. The van der Waals surface area contributed by atoms with Crippen molar-refractivity contribution in [1.82, 2.24) is 4.90 Å². The maximum absolute atomic E-state index is 12.3. The van der Waals surface area contributed by atoms with E-state index in [0.29, 0.717) is 17.5 Å². The lowest BCUT2D eigenvalue weighted by molar-refractivity contribution is -0.116. The van der Waals surface area contributed by atoms with E-state index in [1.165, 1.54) is 4.90 Å². The molecule has 0 bridgehead atoms. The van der Waals surface area contributed by atoms with Gasteiger partial charge in [-0.25, -0.2) is 0 Å². The molecular weight excluding hydrogens is 348 g/mol. The summed E-state index contributed by atoms with van der Waals surface area (Å²) < 4.78 is 0. The van der Waals surface area contributed by atoms with Crippen LogP contribution in [0.3, 0.4) is 0 Å². The number of rotatable bonds is 7. The van der Waals surface area contributed by atoms with Crippen molar-refractivity contribution in [3.05, 3.63) is 59.7 Å². The second kappa shape index (κ2) is 8.19. The van der Waals surface area contributed by atoms with Gasteiger partial charge in [-0.05, 0) is 36.4 Å². The van der Waals surface area contributed by atoms with Crippen molar-refractivity contribution in [1.29, 1.82) is 0 Å². The predicted molar refractivity (Wildman–Crippen MR) is 103 cm³/mol. The molecule has 3 rings (SSSR count). The maximum atomic E-state index is 12.3. The first-order valence-corrected chi connectivity index (χ1v) is 9.57. The van der Waals surface area contributed by atoms with Gasteiger partial charge in [0.05, 0.1) is 16.8 Å². The van der Waals surface area contributed by atoms with Gasteiger partial charge in [0.15, 0.2) is 0 Å². The number of carbonyl (C=O) groups excluding carboxylic acids is 3. The Balaban J connectivity index is 1.54. The number of para-hydroxylation sites is 1. The van der Waals surface area contributed by atoms with E-state index in [1.54, 1.807) is 36.0 Å². The molecule has 0 aromatic heterocycles. The Bertz CT molecular complexity index is 815. The van der Waals surface area contributed by atoms with Gasteiger partial charge in [-0.15, -0.1) is 11.8 Å². The van der Waals surface area contributed by atoms with Gasteiger partial charge in [0.2, 0.25) is 5.91 Å². The molecule has 1 N–H and O–H groups in total. The predicted octanol–water partition coefficient (Wildman–Crippen LogP) is 3.81. The molecule has 1 aliphatic heterocycles. The molecule has 0 spiro atoms. The standard InChI is InChI=1S/C20H20N2O3S/c1-2-26-17-11-6-5-10-16(17)21-18(23)12-7-13-22-19(24)14-8-3-4-9-15(14)20(22)25/h3-6,8-11H,2,7,12-13H2,1H3,(H,21,23). The molecule has 0 aliphatic carbocycles. The number of amides is 3. The van der Waals surface area contributed by atoms with Gasteiger partial charge < -0.3 is 5.32 Å². The number of imide groups is 1. The van der Waals surface area contributed by atoms with Crippen molar-refractivity contribution in [3.8, 4) is 0 Å². The minimum absolute atomic E-state index is 0.120. The monoisotopic (exact) mass is 368 g/mol. The van der Waals surface area contributed by atoms with Crippen LogP contribution in [0.15, 0.2) is 53.4 Å². The van der Waals surface area contributed by atoms with Gasteiger partial charge in [-0.3, -0.25) is 19.3 Å². The van der Waals surface area contributed by atoms with Crippen LogP contribution in [0.2, 0.25) is 0 Å². The molecule has 134 valence electrons. The minimum Gasteiger partial charge on any atom is -0.325 e. The van der Waals surface area contributed by atoms with Crippen LogP contribution in [-0.2, 0) is 4.79 Å². The van der Waals surface area contributed by atoms with Crippen LogP contribution in [0.1, 0.15) is 40.5 Å². The van der Waals surface area contributed by atoms with E-state index >= 15 is 0 Å². The topological polar surface area (TPSA) is 66.5 Å². The van der Waals surface area contributed by atoms with Crippen molar-refractivity contribution in [2.75, 3.05) is 17.6 Å². The van der Waals surface area contributed by atoms with Gasteiger partial charge in [-0.2, -0.15) is 0 Å². The third-order valence-electron chi connectivity index (χ3n) is 4.12. The Morgan fingerprint density at radius 2 is 1.62 bits per heavy atom. The highest BCUT2D eigenvalue weighted by Gasteiger charge is 2.34. The number of nitrogens with zero attached hydrogens (tertiary/aromatic N) is 1. The van der Waals surface area contributed by atoms with Crippen LogP contribution >= 0.6 is 11.8 Å². The zero-order valence-electron chi connectivity index (χ0n) is 14.5. The molecule has 3 amide bonds. The molecule has 0 atom stereocenters. The summed E-state index contributed by atoms with van der Waals surface area (Å²) in [7, 11) is 0. The first kappa shape index (κ1) is 18.2. The van der Waals surface area contributed by atoms with Crippen molar-refractivity contribution < 1.29 is 14.4 Å². The summed E-state index contributed by atoms with van der Waals surface area (Å²) >= 11 is 1.67. The van der Waals surface area contributed by atoms with E-state index in [2.05, 4.69) is 12.2 Å². The van der Waals surface area contributed by atoms with Crippen LogP contribution in [0.5, 0.6) is 0 Å². The molecule has 0 saturated carbocycles. The molecule has 2 aromatic carbocycles. The average molecular weight is 368 g/mol. The Kier molecular flexibility index (Phi) is 5.73. The van der Waals surface area contributed by atoms with E-state index in [-0.39, 0.29) is 30.7 Å². The van der Waals surface area contributed by atoms with Crippen molar-refractivity contribution in [3.63, 3.8) is 0 Å². The normalized spacial score (nSPS) is 13.0. The molecule has 2 aromatic rings. The van der Waals surface area contributed by atoms with E-state index in [4.69, 9.17) is 0 Å². The lowest BCUT2D eigenvalue weighted by Gasteiger charge is -2.14. The van der Waals surface area contributed by atoms with Crippen LogP contribution < -0.4 is 5.32 Å². The van der Waals surface area contributed by atoms with E-state index in [0.717, 1.165) is 16.3 Å². The van der Waals surface area contributed by atoms with Gasteiger partial charge in [0, 0.05) is 17.9 Å². The summed E-state index contributed by atoms with van der Waals surface area (Å²) in [6.45, 7) is 2.30. The fourth-order valence-corrected chi connectivity index (χ4v) is 3.66. The molecule has 0 saturated heterocycles. The Labute approximate surface area is 156 Å². The molecule has 0 unspecified atom stereocenters. The van der Waals surface area contributed by atoms with Gasteiger partial charge in [0.1, 0.15) is 0 Å². The second-order valence-electron chi connectivity index (χ2n) is 5.89. The van der Waals surface area contributed by atoms with E-state index < -0.39 is 0 Å². The van der Waals surface area contributed by atoms with Crippen LogP contribution in [0, 0.1) is 0 Å². The molecule has 26 heavy (non-hydrogen) atoms. The number of carbonyl (C=O) groups is 3. The van der Waals surface area contributed by atoms with Crippen molar-refractivity contribution in [2.24, 2.45) is 0 Å². The molecular formula is C20H20N2O3S. The molecule has 0 fully saturated rings. The summed E-state index contributed by atoms with van der Waals surface area (Å²) in [4.78, 5) is 39.1. The first-order valence-electron chi connectivity index (χ1n) is 8.58. The number of hydrogen-bond donors (Lipinski definition) is 1. The lowest BCUT2D eigenvalue weighted by atomic mass is 10.1. The van der Waals surface area contributed by atoms with Crippen LogP contribution in [0.4, 0.5) is 5.69 Å². The van der Waals surface area contributed by atoms with E-state index in [1.807, 2.05) is 24.3 Å². The number of hydrogen-bond acceptors (Lipinski definition) is 4. The molecule has 0 radical (unpaired) electrons. The molecule has 1 aliphatic rings. The third-order valence-corrected chi connectivity index (χ3v) is 5.08. The first-order chi connectivity index (χ1) is 12.6. The summed E-state index contributed by atoms with van der Waals surface area (Å²) in [5.41, 5.74) is 1.67. The zero-order chi connectivity index (χ0) is 18.5. The number of benzene rings is 2. The SMILES string of the molecule is CCSc1ccccc1NC(=O)CCCN1C(=O)c2ccccc2C1=O. The Hall–Kier alpha value is -2.60. The summed E-state index contributed by atoms with van der Waals surface area (Å²) in [5.74, 6) is 0.240. The number of anilines is 1. The highest BCUT2D eigenvalue weighted by molar-refractivity contribution is 7.99.